The number of benzene rings is 1. The van der Waals surface area contributed by atoms with Crippen LogP contribution in [0.25, 0.3) is 0 Å². The molecule has 3 rings (SSSR count). The molecule has 0 atom stereocenters. The summed E-state index contributed by atoms with van der Waals surface area (Å²) in [5, 5.41) is 3.52. The zero-order chi connectivity index (χ0) is 13.8. The predicted molar refractivity (Wildman–Crippen MR) is 82.6 cm³/mol. The van der Waals surface area contributed by atoms with Crippen LogP contribution in [0, 0.1) is 0 Å². The van der Waals surface area contributed by atoms with Crippen molar-refractivity contribution in [2.75, 3.05) is 0 Å². The van der Waals surface area contributed by atoms with Gasteiger partial charge in [-0.3, -0.25) is 4.98 Å². The summed E-state index contributed by atoms with van der Waals surface area (Å²) in [6, 6.07) is 11.2. The van der Waals surface area contributed by atoms with E-state index in [4.69, 9.17) is 4.74 Å². The Labute approximate surface area is 127 Å². The zero-order valence-electron chi connectivity index (χ0n) is 11.2. The van der Waals surface area contributed by atoms with Gasteiger partial charge in [-0.15, -0.1) is 0 Å². The Hall–Kier alpha value is -1.39. The molecule has 0 spiro atoms. The molecule has 1 aromatic heterocycles. The van der Waals surface area contributed by atoms with E-state index < -0.39 is 0 Å². The third-order valence-corrected chi connectivity index (χ3v) is 3.68. The summed E-state index contributed by atoms with van der Waals surface area (Å²) in [5.41, 5.74) is 2.49. The lowest BCUT2D eigenvalue weighted by Gasteiger charge is -2.08. The van der Waals surface area contributed by atoms with Gasteiger partial charge in [0.1, 0.15) is 12.4 Å². The minimum Gasteiger partial charge on any atom is -0.487 e. The van der Waals surface area contributed by atoms with Crippen molar-refractivity contribution < 1.29 is 4.74 Å². The molecule has 2 aromatic rings. The molecular formula is C16H17BrN2O. The number of pyridine rings is 1. The van der Waals surface area contributed by atoms with Crippen molar-refractivity contribution in [2.24, 2.45) is 0 Å². The predicted octanol–water partition coefficient (Wildman–Crippen LogP) is 3.68. The van der Waals surface area contributed by atoms with Crippen molar-refractivity contribution in [2.45, 2.75) is 32.0 Å². The average molecular weight is 333 g/mol. The number of nitrogens with one attached hydrogen (secondary N) is 1. The molecule has 1 aliphatic carbocycles. The molecule has 1 aromatic carbocycles. The van der Waals surface area contributed by atoms with Crippen LogP contribution in [0.1, 0.15) is 24.0 Å². The average Bonchev–Trinajstić information content (AvgIpc) is 3.28. The summed E-state index contributed by atoms with van der Waals surface area (Å²) >= 11 is 3.39. The number of rotatable bonds is 6. The maximum Gasteiger partial charge on any atom is 0.139 e. The van der Waals surface area contributed by atoms with Gasteiger partial charge in [-0.25, -0.2) is 0 Å². The number of aromatic nitrogens is 1. The molecule has 0 aliphatic heterocycles. The van der Waals surface area contributed by atoms with E-state index in [0.29, 0.717) is 6.61 Å². The fourth-order valence-corrected chi connectivity index (χ4v) is 2.36. The smallest absolute Gasteiger partial charge is 0.139 e. The summed E-state index contributed by atoms with van der Waals surface area (Å²) < 4.78 is 6.68. The van der Waals surface area contributed by atoms with Gasteiger partial charge in [-0.1, -0.05) is 24.3 Å². The molecule has 3 nitrogen and oxygen atoms in total. The Morgan fingerprint density at radius 1 is 1.20 bits per heavy atom. The normalized spacial score (nSPS) is 14.2. The van der Waals surface area contributed by atoms with Gasteiger partial charge in [0, 0.05) is 23.3 Å². The fraction of sp³-hybridized carbons (Fsp3) is 0.312. The van der Waals surface area contributed by atoms with Gasteiger partial charge in [0.05, 0.1) is 6.20 Å². The SMILES string of the molecule is Brc1cncc(OCc2cccc(CNC3CC3)c2)c1. The lowest BCUT2D eigenvalue weighted by Crippen LogP contribution is -2.15. The molecule has 0 radical (unpaired) electrons. The molecule has 0 bridgehead atoms. The number of hydrogen-bond acceptors (Lipinski definition) is 3. The highest BCUT2D eigenvalue weighted by atomic mass is 79.9. The molecule has 20 heavy (non-hydrogen) atoms. The molecule has 0 unspecified atom stereocenters. The van der Waals surface area contributed by atoms with E-state index >= 15 is 0 Å². The van der Waals surface area contributed by atoms with Crippen molar-refractivity contribution in [1.29, 1.82) is 0 Å². The second-order valence-electron chi connectivity index (χ2n) is 5.10. The molecule has 1 N–H and O–H groups in total. The first-order valence-electron chi connectivity index (χ1n) is 6.84. The molecule has 1 saturated carbocycles. The summed E-state index contributed by atoms with van der Waals surface area (Å²) in [4.78, 5) is 4.09. The second-order valence-corrected chi connectivity index (χ2v) is 6.02. The monoisotopic (exact) mass is 332 g/mol. The number of nitrogens with zero attached hydrogens (tertiary/aromatic N) is 1. The number of ether oxygens (including phenoxy) is 1. The second kappa shape index (κ2) is 6.37. The standard InChI is InChI=1S/C16H17BrN2O/c17-14-7-16(10-18-9-14)20-11-13-3-1-2-12(6-13)8-19-15-4-5-15/h1-3,6-7,9-10,15,19H,4-5,8,11H2. The first-order chi connectivity index (χ1) is 9.79. The summed E-state index contributed by atoms with van der Waals surface area (Å²) in [7, 11) is 0. The van der Waals surface area contributed by atoms with Crippen molar-refractivity contribution in [3.05, 3.63) is 58.3 Å². The van der Waals surface area contributed by atoms with Gasteiger partial charge in [-0.2, -0.15) is 0 Å². The first-order valence-corrected chi connectivity index (χ1v) is 7.63. The maximum absolute atomic E-state index is 5.75. The Kier molecular flexibility index (Phi) is 4.33. The van der Waals surface area contributed by atoms with E-state index in [1.54, 1.807) is 12.4 Å². The minimum atomic E-state index is 0.565. The van der Waals surface area contributed by atoms with Crippen LogP contribution in [0.3, 0.4) is 0 Å². The molecule has 104 valence electrons. The molecule has 4 heteroatoms. The summed E-state index contributed by atoms with van der Waals surface area (Å²) in [6.45, 7) is 1.51. The van der Waals surface area contributed by atoms with Gasteiger partial charge in [0.2, 0.25) is 0 Å². The topological polar surface area (TPSA) is 34.1 Å². The number of halogens is 1. The quantitative estimate of drug-likeness (QED) is 0.876. The lowest BCUT2D eigenvalue weighted by molar-refractivity contribution is 0.304. The van der Waals surface area contributed by atoms with E-state index in [-0.39, 0.29) is 0 Å². The van der Waals surface area contributed by atoms with E-state index in [2.05, 4.69) is 50.5 Å². The van der Waals surface area contributed by atoms with E-state index in [1.165, 1.54) is 24.0 Å². The third-order valence-electron chi connectivity index (χ3n) is 3.25. The summed E-state index contributed by atoms with van der Waals surface area (Å²) in [5.74, 6) is 0.779. The van der Waals surface area contributed by atoms with Crippen LogP contribution >= 0.6 is 15.9 Å². The van der Waals surface area contributed by atoms with E-state index in [9.17, 15) is 0 Å². The van der Waals surface area contributed by atoms with Crippen LogP contribution in [-0.4, -0.2) is 11.0 Å². The van der Waals surface area contributed by atoms with Gasteiger partial charge in [0.15, 0.2) is 0 Å². The highest BCUT2D eigenvalue weighted by molar-refractivity contribution is 9.10. The van der Waals surface area contributed by atoms with Crippen LogP contribution in [0.5, 0.6) is 5.75 Å². The van der Waals surface area contributed by atoms with Gasteiger partial charge < -0.3 is 10.1 Å². The molecule has 1 fully saturated rings. The minimum absolute atomic E-state index is 0.565. The Morgan fingerprint density at radius 2 is 2.05 bits per heavy atom. The van der Waals surface area contributed by atoms with Crippen molar-refractivity contribution in [3.63, 3.8) is 0 Å². The lowest BCUT2D eigenvalue weighted by atomic mass is 10.1. The van der Waals surface area contributed by atoms with E-state index in [0.717, 1.165) is 22.8 Å². The maximum atomic E-state index is 5.75. The van der Waals surface area contributed by atoms with Crippen molar-refractivity contribution >= 4 is 15.9 Å². The molecule has 1 aliphatic rings. The first kappa shape index (κ1) is 13.6. The van der Waals surface area contributed by atoms with Crippen LogP contribution in [0.15, 0.2) is 47.2 Å². The number of hydrogen-bond donors (Lipinski definition) is 1. The largest absolute Gasteiger partial charge is 0.487 e. The summed E-state index contributed by atoms with van der Waals surface area (Å²) in [6.07, 6.45) is 6.11. The third kappa shape index (κ3) is 4.05. The zero-order valence-corrected chi connectivity index (χ0v) is 12.8. The molecular weight excluding hydrogens is 316 g/mol. The van der Waals surface area contributed by atoms with Crippen molar-refractivity contribution in [1.82, 2.24) is 10.3 Å². The van der Waals surface area contributed by atoms with Crippen LogP contribution < -0.4 is 10.1 Å². The molecule has 0 saturated heterocycles. The highest BCUT2D eigenvalue weighted by Gasteiger charge is 2.19. The van der Waals surface area contributed by atoms with Crippen LogP contribution in [-0.2, 0) is 13.2 Å². The van der Waals surface area contributed by atoms with E-state index in [1.807, 2.05) is 6.07 Å². The van der Waals surface area contributed by atoms with Gasteiger partial charge in [0.25, 0.3) is 0 Å². The molecule has 1 heterocycles. The van der Waals surface area contributed by atoms with Crippen molar-refractivity contribution in [3.8, 4) is 5.75 Å². The van der Waals surface area contributed by atoms with Gasteiger partial charge in [-0.05, 0) is 46.0 Å². The Balaban J connectivity index is 1.57. The Morgan fingerprint density at radius 3 is 2.85 bits per heavy atom. The Bertz CT molecular complexity index is 584. The van der Waals surface area contributed by atoms with Crippen LogP contribution in [0.4, 0.5) is 0 Å². The molecule has 0 amide bonds. The highest BCUT2D eigenvalue weighted by Crippen LogP contribution is 2.20. The fourth-order valence-electron chi connectivity index (χ4n) is 2.02. The van der Waals surface area contributed by atoms with Crippen LogP contribution in [0.2, 0.25) is 0 Å². The van der Waals surface area contributed by atoms with Gasteiger partial charge >= 0.3 is 0 Å².